The van der Waals surface area contributed by atoms with E-state index < -0.39 is 0 Å². The van der Waals surface area contributed by atoms with Crippen LogP contribution in [0.2, 0.25) is 0 Å². The van der Waals surface area contributed by atoms with Gasteiger partial charge in [-0.3, -0.25) is 0 Å². The summed E-state index contributed by atoms with van der Waals surface area (Å²) in [7, 11) is 1.88. The number of rotatable bonds is 4. The number of anilines is 1. The highest BCUT2D eigenvalue weighted by molar-refractivity contribution is 6.01. The molecule has 0 saturated heterocycles. The van der Waals surface area contributed by atoms with Crippen molar-refractivity contribution in [1.82, 2.24) is 10.2 Å². The maximum atomic E-state index is 8.78. The standard InChI is InChI=1S/C13H15N5O/c1-18(9-10-5-3-2-4-6-10)13-11(12(14)17-19)7-8-15-16-13/h2-8,19H,9H2,1H3,(H2,14,17). The minimum absolute atomic E-state index is 0.0183. The van der Waals surface area contributed by atoms with Crippen LogP contribution >= 0.6 is 0 Å². The van der Waals surface area contributed by atoms with Crippen LogP contribution in [0.5, 0.6) is 0 Å². The summed E-state index contributed by atoms with van der Waals surface area (Å²) >= 11 is 0. The summed E-state index contributed by atoms with van der Waals surface area (Å²) in [6, 6.07) is 11.6. The van der Waals surface area contributed by atoms with Gasteiger partial charge in [-0.05, 0) is 11.6 Å². The van der Waals surface area contributed by atoms with Crippen molar-refractivity contribution >= 4 is 11.7 Å². The third-order valence-corrected chi connectivity index (χ3v) is 2.71. The van der Waals surface area contributed by atoms with Gasteiger partial charge in [0.05, 0.1) is 11.8 Å². The van der Waals surface area contributed by atoms with Crippen LogP contribution in [0, 0.1) is 0 Å². The van der Waals surface area contributed by atoms with E-state index in [2.05, 4.69) is 15.4 Å². The molecule has 2 aromatic rings. The van der Waals surface area contributed by atoms with Crippen molar-refractivity contribution in [2.45, 2.75) is 6.54 Å². The molecule has 2 rings (SSSR count). The number of nitrogens with zero attached hydrogens (tertiary/aromatic N) is 4. The molecule has 3 N–H and O–H groups in total. The third kappa shape index (κ3) is 2.98. The van der Waals surface area contributed by atoms with Crippen molar-refractivity contribution in [1.29, 1.82) is 0 Å². The molecule has 0 bridgehead atoms. The molecule has 1 heterocycles. The molecular formula is C13H15N5O. The second kappa shape index (κ2) is 5.81. The number of benzene rings is 1. The Morgan fingerprint density at radius 3 is 2.74 bits per heavy atom. The summed E-state index contributed by atoms with van der Waals surface area (Å²) in [5, 5.41) is 19.7. The van der Waals surface area contributed by atoms with Crippen molar-refractivity contribution in [3.8, 4) is 0 Å². The van der Waals surface area contributed by atoms with Gasteiger partial charge in [0.1, 0.15) is 0 Å². The highest BCUT2D eigenvalue weighted by Crippen LogP contribution is 2.16. The van der Waals surface area contributed by atoms with Gasteiger partial charge in [-0.1, -0.05) is 35.5 Å². The van der Waals surface area contributed by atoms with E-state index in [1.807, 2.05) is 42.3 Å². The maximum Gasteiger partial charge on any atom is 0.173 e. The molecule has 1 aromatic carbocycles. The SMILES string of the molecule is CN(Cc1ccccc1)c1nnccc1/C(N)=N/O. The van der Waals surface area contributed by atoms with Crippen LogP contribution in [0.25, 0.3) is 0 Å². The predicted molar refractivity (Wildman–Crippen MR) is 73.1 cm³/mol. The fraction of sp³-hybridized carbons (Fsp3) is 0.154. The fourth-order valence-corrected chi connectivity index (χ4v) is 1.79. The largest absolute Gasteiger partial charge is 0.409 e. The van der Waals surface area contributed by atoms with Gasteiger partial charge in [-0.2, -0.15) is 5.10 Å². The minimum atomic E-state index is 0.0183. The van der Waals surface area contributed by atoms with E-state index in [-0.39, 0.29) is 5.84 Å². The molecule has 1 aromatic heterocycles. The summed E-state index contributed by atoms with van der Waals surface area (Å²) in [5.74, 6) is 0.589. The Balaban J connectivity index is 2.27. The summed E-state index contributed by atoms with van der Waals surface area (Å²) in [4.78, 5) is 1.90. The van der Waals surface area contributed by atoms with Crippen molar-refractivity contribution in [2.24, 2.45) is 10.9 Å². The molecule has 0 saturated carbocycles. The normalized spacial score (nSPS) is 11.3. The smallest absolute Gasteiger partial charge is 0.173 e. The zero-order valence-corrected chi connectivity index (χ0v) is 10.6. The van der Waals surface area contributed by atoms with Crippen molar-refractivity contribution in [2.75, 3.05) is 11.9 Å². The first-order valence-electron chi connectivity index (χ1n) is 5.77. The molecule has 0 fully saturated rings. The van der Waals surface area contributed by atoms with Crippen LogP contribution in [0.1, 0.15) is 11.1 Å². The first-order valence-corrected chi connectivity index (χ1v) is 5.77. The number of aromatic nitrogens is 2. The third-order valence-electron chi connectivity index (χ3n) is 2.71. The lowest BCUT2D eigenvalue weighted by molar-refractivity contribution is 0.318. The number of oxime groups is 1. The van der Waals surface area contributed by atoms with Gasteiger partial charge in [0.15, 0.2) is 11.7 Å². The summed E-state index contributed by atoms with van der Waals surface area (Å²) in [6.07, 6.45) is 1.51. The van der Waals surface area contributed by atoms with Gasteiger partial charge in [-0.15, -0.1) is 5.10 Å². The Morgan fingerprint density at radius 2 is 2.05 bits per heavy atom. The lowest BCUT2D eigenvalue weighted by atomic mass is 10.2. The summed E-state index contributed by atoms with van der Waals surface area (Å²) < 4.78 is 0. The van der Waals surface area contributed by atoms with E-state index in [9.17, 15) is 0 Å². The van der Waals surface area contributed by atoms with Gasteiger partial charge in [0.2, 0.25) is 0 Å². The molecule has 0 amide bonds. The Morgan fingerprint density at radius 1 is 1.32 bits per heavy atom. The predicted octanol–water partition coefficient (Wildman–Crippen LogP) is 1.21. The molecule has 0 aliphatic carbocycles. The van der Waals surface area contributed by atoms with Gasteiger partial charge in [0.25, 0.3) is 0 Å². The van der Waals surface area contributed by atoms with Gasteiger partial charge < -0.3 is 15.8 Å². The molecule has 0 atom stereocenters. The zero-order valence-electron chi connectivity index (χ0n) is 10.6. The van der Waals surface area contributed by atoms with Crippen molar-refractivity contribution in [3.05, 3.63) is 53.7 Å². The van der Waals surface area contributed by atoms with Gasteiger partial charge >= 0.3 is 0 Å². The molecule has 6 heteroatoms. The highest BCUT2D eigenvalue weighted by Gasteiger charge is 2.13. The van der Waals surface area contributed by atoms with Crippen LogP contribution in [0.15, 0.2) is 47.8 Å². The van der Waals surface area contributed by atoms with E-state index >= 15 is 0 Å². The van der Waals surface area contributed by atoms with E-state index in [1.165, 1.54) is 6.20 Å². The zero-order chi connectivity index (χ0) is 13.7. The average Bonchev–Trinajstić information content (AvgIpc) is 2.47. The molecular weight excluding hydrogens is 242 g/mol. The second-order valence-corrected chi connectivity index (χ2v) is 4.10. The monoisotopic (exact) mass is 257 g/mol. The van der Waals surface area contributed by atoms with Crippen LogP contribution in [-0.2, 0) is 6.54 Å². The number of nitrogens with two attached hydrogens (primary N) is 1. The first kappa shape index (κ1) is 12.8. The molecule has 0 aliphatic rings. The Labute approximate surface area is 111 Å². The number of hydrogen-bond donors (Lipinski definition) is 2. The van der Waals surface area contributed by atoms with Crippen molar-refractivity contribution < 1.29 is 5.21 Å². The average molecular weight is 257 g/mol. The number of hydrogen-bond acceptors (Lipinski definition) is 5. The van der Waals surface area contributed by atoms with Crippen LogP contribution in [0.4, 0.5) is 5.82 Å². The number of amidine groups is 1. The first-order chi connectivity index (χ1) is 9.22. The van der Waals surface area contributed by atoms with E-state index in [1.54, 1.807) is 6.07 Å². The Bertz CT molecular complexity index is 570. The highest BCUT2D eigenvalue weighted by atomic mass is 16.4. The summed E-state index contributed by atoms with van der Waals surface area (Å²) in [5.41, 5.74) is 7.32. The quantitative estimate of drug-likeness (QED) is 0.372. The second-order valence-electron chi connectivity index (χ2n) is 4.10. The van der Waals surface area contributed by atoms with E-state index in [0.29, 0.717) is 17.9 Å². The molecule has 19 heavy (non-hydrogen) atoms. The maximum absolute atomic E-state index is 8.78. The molecule has 6 nitrogen and oxygen atoms in total. The van der Waals surface area contributed by atoms with Crippen molar-refractivity contribution in [3.63, 3.8) is 0 Å². The topological polar surface area (TPSA) is 87.6 Å². The fourth-order valence-electron chi connectivity index (χ4n) is 1.79. The van der Waals surface area contributed by atoms with Crippen LogP contribution in [-0.4, -0.2) is 28.3 Å². The lowest BCUT2D eigenvalue weighted by Crippen LogP contribution is -2.24. The van der Waals surface area contributed by atoms with E-state index in [0.717, 1.165) is 5.56 Å². The van der Waals surface area contributed by atoms with E-state index in [4.69, 9.17) is 10.9 Å². The lowest BCUT2D eigenvalue weighted by Gasteiger charge is -2.19. The van der Waals surface area contributed by atoms with Gasteiger partial charge in [-0.25, -0.2) is 0 Å². The Kier molecular flexibility index (Phi) is 3.92. The molecule has 0 unspecified atom stereocenters. The summed E-state index contributed by atoms with van der Waals surface area (Å²) in [6.45, 7) is 0.658. The molecule has 0 aliphatic heterocycles. The molecule has 98 valence electrons. The molecule has 0 spiro atoms. The van der Waals surface area contributed by atoms with Crippen LogP contribution in [0.3, 0.4) is 0 Å². The molecule has 0 radical (unpaired) electrons. The minimum Gasteiger partial charge on any atom is -0.409 e. The Hall–Kier alpha value is -2.63. The van der Waals surface area contributed by atoms with Crippen LogP contribution < -0.4 is 10.6 Å². The van der Waals surface area contributed by atoms with Gasteiger partial charge in [0, 0.05) is 13.6 Å².